The number of aliphatic hydroxyl groups excluding tert-OH is 1. The van der Waals surface area contributed by atoms with Crippen molar-refractivity contribution in [1.82, 2.24) is 15.1 Å². The fraction of sp³-hybridized carbons (Fsp3) is 0.600. The molecule has 1 heterocycles. The fourth-order valence-electron chi connectivity index (χ4n) is 1.24. The molecule has 1 amide bonds. The summed E-state index contributed by atoms with van der Waals surface area (Å²) in [6, 6.07) is 0. The number of hydrogen-bond donors (Lipinski definition) is 3. The van der Waals surface area contributed by atoms with Crippen LogP contribution in [0, 0.1) is 6.92 Å². The summed E-state index contributed by atoms with van der Waals surface area (Å²) in [6.07, 6.45) is 1.61. The van der Waals surface area contributed by atoms with Crippen LogP contribution in [0.4, 0.5) is 0 Å². The van der Waals surface area contributed by atoms with Gasteiger partial charge in [-0.05, 0) is 13.8 Å². The van der Waals surface area contributed by atoms with Crippen LogP contribution in [-0.4, -0.2) is 44.7 Å². The molecular formula is C10H17N3O3. The summed E-state index contributed by atoms with van der Waals surface area (Å²) in [5.41, 5.74) is -0.203. The third-order valence-corrected chi connectivity index (χ3v) is 2.23. The molecule has 16 heavy (non-hydrogen) atoms. The lowest BCUT2D eigenvalue weighted by atomic mass is 10.1. The first kappa shape index (κ1) is 12.7. The minimum Gasteiger partial charge on any atom is -0.393 e. The standard InChI is InChI=1S/C10H17N3O3/c1-7-8(4-13(3)12-7)9(15)11-5-10(2,16)6-14/h4,14,16H,5-6H2,1-3H3,(H,11,15). The number of carbonyl (C=O) groups is 1. The topological polar surface area (TPSA) is 87.4 Å². The van der Waals surface area contributed by atoms with Gasteiger partial charge in [-0.1, -0.05) is 0 Å². The van der Waals surface area contributed by atoms with E-state index in [1.165, 1.54) is 6.92 Å². The van der Waals surface area contributed by atoms with Crippen LogP contribution in [0.15, 0.2) is 6.20 Å². The Bertz CT molecular complexity index is 385. The number of rotatable bonds is 4. The molecule has 1 aromatic rings. The summed E-state index contributed by atoms with van der Waals surface area (Å²) >= 11 is 0. The summed E-state index contributed by atoms with van der Waals surface area (Å²) in [5, 5.41) is 24.9. The van der Waals surface area contributed by atoms with Crippen molar-refractivity contribution in [3.8, 4) is 0 Å². The van der Waals surface area contributed by atoms with Crippen molar-refractivity contribution in [3.63, 3.8) is 0 Å². The number of nitrogens with one attached hydrogen (secondary N) is 1. The maximum absolute atomic E-state index is 11.7. The Hall–Kier alpha value is -1.40. The number of hydrogen-bond acceptors (Lipinski definition) is 4. The largest absolute Gasteiger partial charge is 0.393 e. The first-order valence-electron chi connectivity index (χ1n) is 4.97. The molecule has 0 aromatic carbocycles. The zero-order valence-corrected chi connectivity index (χ0v) is 9.69. The molecule has 3 N–H and O–H groups in total. The molecule has 6 heteroatoms. The van der Waals surface area contributed by atoms with Crippen LogP contribution in [0.1, 0.15) is 23.0 Å². The van der Waals surface area contributed by atoms with Crippen LogP contribution < -0.4 is 5.32 Å². The average molecular weight is 227 g/mol. The molecule has 1 rings (SSSR count). The van der Waals surface area contributed by atoms with Crippen LogP contribution in [0.2, 0.25) is 0 Å². The highest BCUT2D eigenvalue weighted by atomic mass is 16.3. The van der Waals surface area contributed by atoms with Gasteiger partial charge < -0.3 is 15.5 Å². The van der Waals surface area contributed by atoms with E-state index in [2.05, 4.69) is 10.4 Å². The van der Waals surface area contributed by atoms with Gasteiger partial charge in [0, 0.05) is 19.8 Å². The average Bonchev–Trinajstić information content (AvgIpc) is 2.54. The molecule has 0 spiro atoms. The second kappa shape index (κ2) is 4.63. The molecule has 0 saturated heterocycles. The van der Waals surface area contributed by atoms with E-state index >= 15 is 0 Å². The molecule has 0 aliphatic rings. The molecule has 0 saturated carbocycles. The van der Waals surface area contributed by atoms with Gasteiger partial charge in [0.25, 0.3) is 5.91 Å². The smallest absolute Gasteiger partial charge is 0.254 e. The van der Waals surface area contributed by atoms with E-state index in [-0.39, 0.29) is 12.5 Å². The van der Waals surface area contributed by atoms with Crippen LogP contribution >= 0.6 is 0 Å². The molecule has 6 nitrogen and oxygen atoms in total. The molecule has 0 radical (unpaired) electrons. The Morgan fingerprint density at radius 2 is 2.31 bits per heavy atom. The van der Waals surface area contributed by atoms with Gasteiger partial charge in [-0.2, -0.15) is 5.10 Å². The van der Waals surface area contributed by atoms with Crippen LogP contribution in [0.3, 0.4) is 0 Å². The number of carbonyl (C=O) groups excluding carboxylic acids is 1. The summed E-state index contributed by atoms with van der Waals surface area (Å²) in [7, 11) is 1.73. The maximum atomic E-state index is 11.7. The van der Waals surface area contributed by atoms with Crippen molar-refractivity contribution in [1.29, 1.82) is 0 Å². The summed E-state index contributed by atoms with van der Waals surface area (Å²) in [5.74, 6) is -0.306. The first-order valence-corrected chi connectivity index (χ1v) is 4.97. The van der Waals surface area contributed by atoms with Gasteiger partial charge in [0.05, 0.1) is 17.9 Å². The van der Waals surface area contributed by atoms with Crippen molar-refractivity contribution in [2.75, 3.05) is 13.2 Å². The Kier molecular flexibility index (Phi) is 3.66. The van der Waals surface area contributed by atoms with Crippen LogP contribution in [-0.2, 0) is 7.05 Å². The lowest BCUT2D eigenvalue weighted by molar-refractivity contribution is 0.00319. The van der Waals surface area contributed by atoms with Gasteiger partial charge in [-0.15, -0.1) is 0 Å². The molecule has 0 aliphatic heterocycles. The monoisotopic (exact) mass is 227 g/mol. The summed E-state index contributed by atoms with van der Waals surface area (Å²) in [6.45, 7) is 2.78. The minimum atomic E-state index is -1.30. The molecule has 1 unspecified atom stereocenters. The van der Waals surface area contributed by atoms with E-state index in [9.17, 15) is 9.90 Å². The van der Waals surface area contributed by atoms with E-state index in [1.54, 1.807) is 24.9 Å². The Morgan fingerprint density at radius 1 is 1.69 bits per heavy atom. The summed E-state index contributed by atoms with van der Waals surface area (Å²) < 4.78 is 1.55. The zero-order valence-electron chi connectivity index (χ0n) is 9.69. The Balaban J connectivity index is 2.63. The van der Waals surface area contributed by atoms with Gasteiger partial charge in [0.2, 0.25) is 0 Å². The fourth-order valence-corrected chi connectivity index (χ4v) is 1.24. The molecule has 1 aromatic heterocycles. The number of nitrogens with zero attached hydrogens (tertiary/aromatic N) is 2. The van der Waals surface area contributed by atoms with Crippen LogP contribution in [0.5, 0.6) is 0 Å². The molecule has 90 valence electrons. The predicted molar refractivity (Wildman–Crippen MR) is 58.0 cm³/mol. The van der Waals surface area contributed by atoms with E-state index in [1.807, 2.05) is 0 Å². The lowest BCUT2D eigenvalue weighted by Gasteiger charge is -2.20. The van der Waals surface area contributed by atoms with Crippen LogP contribution in [0.25, 0.3) is 0 Å². The number of amides is 1. The highest BCUT2D eigenvalue weighted by molar-refractivity contribution is 5.95. The van der Waals surface area contributed by atoms with Gasteiger partial charge in [-0.3, -0.25) is 9.48 Å². The van der Waals surface area contributed by atoms with Crippen molar-refractivity contribution in [2.24, 2.45) is 7.05 Å². The maximum Gasteiger partial charge on any atom is 0.254 e. The normalized spacial score (nSPS) is 14.6. The van der Waals surface area contributed by atoms with Gasteiger partial charge in [0.1, 0.15) is 5.60 Å². The van der Waals surface area contributed by atoms with E-state index in [4.69, 9.17) is 5.11 Å². The van der Waals surface area contributed by atoms with Gasteiger partial charge >= 0.3 is 0 Å². The predicted octanol–water partition coefficient (Wildman–Crippen LogP) is -0.798. The van der Waals surface area contributed by atoms with E-state index in [0.29, 0.717) is 11.3 Å². The van der Waals surface area contributed by atoms with E-state index in [0.717, 1.165) is 0 Å². The highest BCUT2D eigenvalue weighted by Crippen LogP contribution is 2.05. The van der Waals surface area contributed by atoms with Gasteiger partial charge in [-0.25, -0.2) is 0 Å². The number of aromatic nitrogens is 2. The second-order valence-electron chi connectivity index (χ2n) is 4.14. The van der Waals surface area contributed by atoms with Crippen molar-refractivity contribution in [3.05, 3.63) is 17.5 Å². The quantitative estimate of drug-likeness (QED) is 0.628. The van der Waals surface area contributed by atoms with Gasteiger partial charge in [0.15, 0.2) is 0 Å². The van der Waals surface area contributed by atoms with Crippen molar-refractivity contribution < 1.29 is 15.0 Å². The summed E-state index contributed by atoms with van der Waals surface area (Å²) in [4.78, 5) is 11.7. The number of aliphatic hydroxyl groups is 2. The minimum absolute atomic E-state index is 0.00331. The molecule has 0 aliphatic carbocycles. The third kappa shape index (κ3) is 3.04. The lowest BCUT2D eigenvalue weighted by Crippen LogP contribution is -2.43. The first-order chi connectivity index (χ1) is 7.35. The molecular weight excluding hydrogens is 210 g/mol. The molecule has 0 bridgehead atoms. The molecule has 1 atom stereocenters. The Morgan fingerprint density at radius 3 is 2.75 bits per heavy atom. The third-order valence-electron chi connectivity index (χ3n) is 2.23. The zero-order chi connectivity index (χ0) is 12.3. The van der Waals surface area contributed by atoms with Crippen molar-refractivity contribution >= 4 is 5.91 Å². The number of aryl methyl sites for hydroxylation is 2. The SMILES string of the molecule is Cc1nn(C)cc1C(=O)NCC(C)(O)CO. The Labute approximate surface area is 93.9 Å². The highest BCUT2D eigenvalue weighted by Gasteiger charge is 2.21. The van der Waals surface area contributed by atoms with E-state index < -0.39 is 12.2 Å². The second-order valence-corrected chi connectivity index (χ2v) is 4.14. The molecule has 0 fully saturated rings. The van der Waals surface area contributed by atoms with Crippen molar-refractivity contribution in [2.45, 2.75) is 19.4 Å².